The molecule has 1 heterocycles. The van der Waals surface area contributed by atoms with E-state index in [0.29, 0.717) is 6.54 Å². The lowest BCUT2D eigenvalue weighted by atomic mass is 9.66. The van der Waals surface area contributed by atoms with Gasteiger partial charge in [-0.25, -0.2) is 4.98 Å². The number of thiazole rings is 1. The number of carbonyl (C=O) groups is 1. The van der Waals surface area contributed by atoms with Gasteiger partial charge in [-0.05, 0) is 19.8 Å². The van der Waals surface area contributed by atoms with Crippen molar-refractivity contribution in [2.24, 2.45) is 11.1 Å². The Morgan fingerprint density at radius 1 is 1.71 bits per heavy atom. The Hall–Kier alpha value is -0.740. The fourth-order valence-corrected chi connectivity index (χ4v) is 2.69. The second kappa shape index (κ2) is 3.44. The van der Waals surface area contributed by atoms with E-state index in [1.807, 2.05) is 6.92 Å². The minimum Gasteiger partial charge on any atom is -0.329 e. The van der Waals surface area contributed by atoms with E-state index in [9.17, 15) is 4.79 Å². The predicted molar refractivity (Wildman–Crippen MR) is 56.5 cm³/mol. The molecule has 1 aromatic heterocycles. The lowest BCUT2D eigenvalue weighted by Crippen LogP contribution is -2.44. The smallest absolute Gasteiger partial charge is 0.181 e. The second-order valence-corrected chi connectivity index (χ2v) is 5.15. The number of aromatic nitrogens is 1. The Labute approximate surface area is 87.3 Å². The molecule has 14 heavy (non-hydrogen) atoms. The normalized spacial score (nSPS) is 19.0. The highest BCUT2D eigenvalue weighted by Crippen LogP contribution is 2.43. The maximum atomic E-state index is 12.1. The van der Waals surface area contributed by atoms with E-state index in [4.69, 9.17) is 5.73 Å². The van der Waals surface area contributed by atoms with E-state index in [0.717, 1.165) is 29.1 Å². The van der Waals surface area contributed by atoms with Gasteiger partial charge < -0.3 is 5.73 Å². The standard InChI is InChI=1S/C10H14N2OS/c1-7-12-5-8(14-7)9(13)10(6-11)3-2-4-10/h5H,2-4,6,11H2,1H3. The van der Waals surface area contributed by atoms with Crippen LogP contribution in [0.25, 0.3) is 0 Å². The molecule has 0 aromatic carbocycles. The molecule has 0 atom stereocenters. The van der Waals surface area contributed by atoms with Gasteiger partial charge in [-0.15, -0.1) is 11.3 Å². The minimum absolute atomic E-state index is 0.205. The van der Waals surface area contributed by atoms with Gasteiger partial charge in [-0.1, -0.05) is 6.42 Å². The van der Waals surface area contributed by atoms with Crippen molar-refractivity contribution in [2.45, 2.75) is 26.2 Å². The van der Waals surface area contributed by atoms with Gasteiger partial charge >= 0.3 is 0 Å². The Morgan fingerprint density at radius 2 is 2.43 bits per heavy atom. The van der Waals surface area contributed by atoms with Gasteiger partial charge in [-0.2, -0.15) is 0 Å². The number of nitrogens with two attached hydrogens (primary N) is 1. The lowest BCUT2D eigenvalue weighted by molar-refractivity contribution is 0.0640. The number of ketones is 1. The van der Waals surface area contributed by atoms with E-state index in [-0.39, 0.29) is 11.2 Å². The van der Waals surface area contributed by atoms with Crippen molar-refractivity contribution < 1.29 is 4.79 Å². The van der Waals surface area contributed by atoms with Crippen molar-refractivity contribution in [3.8, 4) is 0 Å². The zero-order chi connectivity index (χ0) is 10.2. The van der Waals surface area contributed by atoms with Crippen molar-refractivity contribution in [1.82, 2.24) is 4.98 Å². The van der Waals surface area contributed by atoms with Gasteiger partial charge in [0.15, 0.2) is 5.78 Å². The van der Waals surface area contributed by atoms with Crippen molar-refractivity contribution in [2.75, 3.05) is 6.54 Å². The Morgan fingerprint density at radius 3 is 2.79 bits per heavy atom. The summed E-state index contributed by atoms with van der Waals surface area (Å²) in [5, 5.41) is 0.944. The number of aryl methyl sites for hydroxylation is 1. The molecule has 0 amide bonds. The summed E-state index contributed by atoms with van der Waals surface area (Å²) >= 11 is 1.47. The SMILES string of the molecule is Cc1ncc(C(=O)C2(CN)CCC2)s1. The topological polar surface area (TPSA) is 56.0 Å². The summed E-state index contributed by atoms with van der Waals surface area (Å²) < 4.78 is 0. The molecule has 0 unspecified atom stereocenters. The van der Waals surface area contributed by atoms with Crippen LogP contribution in [-0.4, -0.2) is 17.3 Å². The van der Waals surface area contributed by atoms with Crippen LogP contribution in [0.15, 0.2) is 6.20 Å². The van der Waals surface area contributed by atoms with E-state index >= 15 is 0 Å². The lowest BCUT2D eigenvalue weighted by Gasteiger charge is -2.38. The maximum absolute atomic E-state index is 12.1. The van der Waals surface area contributed by atoms with Crippen molar-refractivity contribution >= 4 is 17.1 Å². The number of hydrogen-bond acceptors (Lipinski definition) is 4. The monoisotopic (exact) mass is 210 g/mol. The first kappa shape index (κ1) is 9.80. The zero-order valence-corrected chi connectivity index (χ0v) is 9.06. The molecule has 1 fully saturated rings. The molecule has 3 nitrogen and oxygen atoms in total. The van der Waals surface area contributed by atoms with Crippen molar-refractivity contribution in [3.63, 3.8) is 0 Å². The fraction of sp³-hybridized carbons (Fsp3) is 0.600. The van der Waals surface area contributed by atoms with Crippen LogP contribution in [0.1, 0.15) is 33.9 Å². The van der Waals surface area contributed by atoms with Crippen LogP contribution in [0, 0.1) is 12.3 Å². The molecule has 0 radical (unpaired) electrons. The second-order valence-electron chi connectivity index (χ2n) is 3.91. The number of nitrogens with zero attached hydrogens (tertiary/aromatic N) is 1. The molecular weight excluding hydrogens is 196 g/mol. The molecular formula is C10H14N2OS. The van der Waals surface area contributed by atoms with Crippen LogP contribution in [0.3, 0.4) is 0 Å². The quantitative estimate of drug-likeness (QED) is 0.773. The molecule has 1 aliphatic carbocycles. The number of rotatable bonds is 3. The highest BCUT2D eigenvalue weighted by atomic mass is 32.1. The molecule has 2 N–H and O–H groups in total. The highest BCUT2D eigenvalue weighted by molar-refractivity contribution is 7.13. The predicted octanol–water partition coefficient (Wildman–Crippen LogP) is 1.76. The summed E-state index contributed by atoms with van der Waals surface area (Å²) in [5.74, 6) is 0.205. The fourth-order valence-electron chi connectivity index (χ4n) is 1.86. The van der Waals surface area contributed by atoms with Gasteiger partial charge in [0.1, 0.15) is 0 Å². The molecule has 1 saturated carbocycles. The molecule has 0 saturated heterocycles. The van der Waals surface area contributed by atoms with Crippen molar-refractivity contribution in [1.29, 1.82) is 0 Å². The summed E-state index contributed by atoms with van der Waals surface area (Å²) in [5.41, 5.74) is 5.43. The molecule has 0 spiro atoms. The Bertz CT molecular complexity index is 349. The summed E-state index contributed by atoms with van der Waals surface area (Å²) in [6, 6.07) is 0. The summed E-state index contributed by atoms with van der Waals surface area (Å²) in [6.07, 6.45) is 4.69. The Balaban J connectivity index is 2.23. The van der Waals surface area contributed by atoms with Crippen LogP contribution in [0.5, 0.6) is 0 Å². The first-order valence-electron chi connectivity index (χ1n) is 4.85. The maximum Gasteiger partial charge on any atom is 0.181 e. The van der Waals surface area contributed by atoms with Crippen LogP contribution in [-0.2, 0) is 0 Å². The van der Waals surface area contributed by atoms with Crippen LogP contribution < -0.4 is 5.73 Å². The average Bonchev–Trinajstić information content (AvgIpc) is 2.50. The molecule has 76 valence electrons. The van der Waals surface area contributed by atoms with Gasteiger partial charge in [0.05, 0.1) is 9.88 Å². The van der Waals surface area contributed by atoms with Gasteiger partial charge in [0, 0.05) is 18.2 Å². The van der Waals surface area contributed by atoms with E-state index < -0.39 is 0 Å². The first-order valence-corrected chi connectivity index (χ1v) is 5.67. The third kappa shape index (κ3) is 1.38. The summed E-state index contributed by atoms with van der Waals surface area (Å²) in [6.45, 7) is 2.39. The van der Waals surface area contributed by atoms with Crippen molar-refractivity contribution in [3.05, 3.63) is 16.1 Å². The van der Waals surface area contributed by atoms with Gasteiger partial charge in [0.2, 0.25) is 0 Å². The molecule has 1 aliphatic rings. The first-order chi connectivity index (χ1) is 6.68. The third-order valence-electron chi connectivity index (χ3n) is 3.03. The van der Waals surface area contributed by atoms with Crippen LogP contribution in [0.4, 0.5) is 0 Å². The Kier molecular flexibility index (Phi) is 2.41. The van der Waals surface area contributed by atoms with E-state index in [2.05, 4.69) is 4.98 Å². The third-order valence-corrected chi connectivity index (χ3v) is 3.94. The molecule has 2 rings (SSSR count). The van der Waals surface area contributed by atoms with E-state index in [1.165, 1.54) is 11.3 Å². The zero-order valence-electron chi connectivity index (χ0n) is 8.25. The largest absolute Gasteiger partial charge is 0.329 e. The van der Waals surface area contributed by atoms with Crippen LogP contribution >= 0.6 is 11.3 Å². The van der Waals surface area contributed by atoms with E-state index in [1.54, 1.807) is 6.20 Å². The number of Topliss-reactive ketones (excluding diaryl/α,β-unsaturated/α-hetero) is 1. The molecule has 0 aliphatic heterocycles. The molecule has 1 aromatic rings. The summed E-state index contributed by atoms with van der Waals surface area (Å²) in [7, 11) is 0. The summed E-state index contributed by atoms with van der Waals surface area (Å²) in [4.78, 5) is 17.0. The highest BCUT2D eigenvalue weighted by Gasteiger charge is 2.43. The average molecular weight is 210 g/mol. The van der Waals surface area contributed by atoms with Crippen LogP contribution in [0.2, 0.25) is 0 Å². The molecule has 0 bridgehead atoms. The number of carbonyl (C=O) groups excluding carboxylic acids is 1. The minimum atomic E-state index is -0.251. The molecule has 4 heteroatoms. The van der Waals surface area contributed by atoms with Gasteiger partial charge in [0.25, 0.3) is 0 Å². The number of hydrogen-bond donors (Lipinski definition) is 1. The van der Waals surface area contributed by atoms with Gasteiger partial charge in [-0.3, -0.25) is 4.79 Å².